The number of hydrogen-bond acceptors (Lipinski definition) is 1. The van der Waals surface area contributed by atoms with Crippen LogP contribution in [0.25, 0.3) is 10.9 Å². The summed E-state index contributed by atoms with van der Waals surface area (Å²) in [6.07, 6.45) is 2.68. The average molecular weight is 279 g/mol. The second-order valence-electron chi connectivity index (χ2n) is 4.53. The summed E-state index contributed by atoms with van der Waals surface area (Å²) in [4.78, 5) is 0. The Labute approximate surface area is 104 Å². The Hall–Kier alpha value is -0.800. The van der Waals surface area contributed by atoms with E-state index in [0.717, 1.165) is 12.6 Å². The van der Waals surface area contributed by atoms with Crippen molar-refractivity contribution in [2.45, 2.75) is 25.4 Å². The molecular weight excluding hydrogens is 264 g/mol. The second-order valence-corrected chi connectivity index (χ2v) is 5.38. The molecule has 1 aromatic heterocycles. The zero-order valence-electron chi connectivity index (χ0n) is 9.33. The van der Waals surface area contributed by atoms with Gasteiger partial charge >= 0.3 is 0 Å². The smallest absolute Gasteiger partial charge is 0.0624 e. The molecule has 0 radical (unpaired) electrons. The summed E-state index contributed by atoms with van der Waals surface area (Å²) in [7, 11) is 2.14. The predicted molar refractivity (Wildman–Crippen MR) is 70.5 cm³/mol. The van der Waals surface area contributed by atoms with Gasteiger partial charge in [0.15, 0.2) is 0 Å². The highest BCUT2D eigenvalue weighted by Crippen LogP contribution is 2.27. The Balaban J connectivity index is 1.98. The lowest BCUT2D eigenvalue weighted by molar-refractivity contribution is 0.655. The molecule has 16 heavy (non-hydrogen) atoms. The summed E-state index contributed by atoms with van der Waals surface area (Å²) in [5.74, 6) is 0. The van der Waals surface area contributed by atoms with Crippen LogP contribution in [0.2, 0.25) is 0 Å². The lowest BCUT2D eigenvalue weighted by atomic mass is 10.2. The van der Waals surface area contributed by atoms with Gasteiger partial charge in [-0.05, 0) is 40.9 Å². The summed E-state index contributed by atoms with van der Waals surface area (Å²) in [5, 5.41) is 4.87. The lowest BCUT2D eigenvalue weighted by Gasteiger charge is -2.05. The summed E-state index contributed by atoms with van der Waals surface area (Å²) >= 11 is 3.61. The van der Waals surface area contributed by atoms with E-state index in [1.54, 1.807) is 0 Å². The van der Waals surface area contributed by atoms with E-state index < -0.39 is 0 Å². The molecule has 1 fully saturated rings. The molecule has 1 aliphatic carbocycles. The number of aryl methyl sites for hydroxylation is 1. The van der Waals surface area contributed by atoms with Crippen molar-refractivity contribution in [1.29, 1.82) is 0 Å². The minimum atomic E-state index is 0.765. The van der Waals surface area contributed by atoms with E-state index >= 15 is 0 Å². The van der Waals surface area contributed by atoms with Gasteiger partial charge in [-0.3, -0.25) is 0 Å². The fraction of sp³-hybridized carbons (Fsp3) is 0.385. The largest absolute Gasteiger partial charge is 0.346 e. The second kappa shape index (κ2) is 3.90. The molecular formula is C13H15BrN2. The molecule has 3 heteroatoms. The average Bonchev–Trinajstić information content (AvgIpc) is 3.02. The minimum Gasteiger partial charge on any atom is -0.346 e. The van der Waals surface area contributed by atoms with Crippen LogP contribution in [0.3, 0.4) is 0 Å². The van der Waals surface area contributed by atoms with Crippen molar-refractivity contribution in [1.82, 2.24) is 9.88 Å². The Bertz CT molecular complexity index is 526. The summed E-state index contributed by atoms with van der Waals surface area (Å²) in [5.41, 5.74) is 2.64. The molecule has 1 heterocycles. The van der Waals surface area contributed by atoms with Crippen molar-refractivity contribution in [3.63, 3.8) is 0 Å². The van der Waals surface area contributed by atoms with Crippen molar-refractivity contribution in [2.75, 3.05) is 0 Å². The minimum absolute atomic E-state index is 0.765. The third kappa shape index (κ3) is 1.78. The Morgan fingerprint density at radius 3 is 2.94 bits per heavy atom. The van der Waals surface area contributed by atoms with Crippen LogP contribution in [0.5, 0.6) is 0 Å². The third-order valence-corrected chi connectivity index (χ3v) is 3.90. The maximum absolute atomic E-state index is 3.61. The molecule has 2 aromatic rings. The van der Waals surface area contributed by atoms with Gasteiger partial charge in [-0.1, -0.05) is 12.1 Å². The molecule has 0 spiro atoms. The Kier molecular flexibility index (Phi) is 2.52. The van der Waals surface area contributed by atoms with Gasteiger partial charge in [-0.2, -0.15) is 0 Å². The lowest BCUT2D eigenvalue weighted by Crippen LogP contribution is -2.17. The summed E-state index contributed by atoms with van der Waals surface area (Å²) in [6.45, 7) is 0.974. The van der Waals surface area contributed by atoms with E-state index in [1.165, 1.54) is 33.9 Å². The Morgan fingerprint density at radius 1 is 1.44 bits per heavy atom. The zero-order valence-corrected chi connectivity index (χ0v) is 10.9. The molecule has 1 N–H and O–H groups in total. The number of fused-ring (bicyclic) bond motifs is 1. The molecule has 0 unspecified atom stereocenters. The van der Waals surface area contributed by atoms with E-state index in [2.05, 4.69) is 57.1 Å². The van der Waals surface area contributed by atoms with Gasteiger partial charge < -0.3 is 9.88 Å². The number of rotatable bonds is 3. The van der Waals surface area contributed by atoms with Gasteiger partial charge in [0.25, 0.3) is 0 Å². The number of nitrogens with zero attached hydrogens (tertiary/aromatic N) is 1. The quantitative estimate of drug-likeness (QED) is 0.913. The van der Waals surface area contributed by atoms with Crippen LogP contribution in [0, 0.1) is 0 Å². The van der Waals surface area contributed by atoms with Gasteiger partial charge in [0.1, 0.15) is 0 Å². The van der Waals surface area contributed by atoms with Crippen molar-refractivity contribution >= 4 is 26.8 Å². The highest BCUT2D eigenvalue weighted by molar-refractivity contribution is 9.10. The molecule has 1 aliphatic rings. The summed E-state index contributed by atoms with van der Waals surface area (Å²) < 4.78 is 3.44. The van der Waals surface area contributed by atoms with Crippen molar-refractivity contribution in [3.8, 4) is 0 Å². The van der Waals surface area contributed by atoms with Gasteiger partial charge in [0.2, 0.25) is 0 Å². The van der Waals surface area contributed by atoms with E-state index in [0.29, 0.717) is 0 Å². The number of halogens is 1. The number of aromatic nitrogens is 1. The van der Waals surface area contributed by atoms with Crippen LogP contribution in [0.1, 0.15) is 18.5 Å². The number of nitrogens with one attached hydrogen (secondary N) is 1. The third-order valence-electron chi connectivity index (χ3n) is 3.26. The first-order valence-electron chi connectivity index (χ1n) is 5.72. The first-order valence-corrected chi connectivity index (χ1v) is 6.51. The van der Waals surface area contributed by atoms with Gasteiger partial charge in [-0.15, -0.1) is 0 Å². The first-order chi connectivity index (χ1) is 7.75. The van der Waals surface area contributed by atoms with Crippen LogP contribution in [0.4, 0.5) is 0 Å². The number of hydrogen-bond donors (Lipinski definition) is 1. The van der Waals surface area contributed by atoms with E-state index in [9.17, 15) is 0 Å². The fourth-order valence-electron chi connectivity index (χ4n) is 2.13. The molecule has 2 nitrogen and oxygen atoms in total. The van der Waals surface area contributed by atoms with Crippen molar-refractivity contribution in [3.05, 3.63) is 34.4 Å². The maximum Gasteiger partial charge on any atom is 0.0624 e. The van der Waals surface area contributed by atoms with Gasteiger partial charge in [-0.25, -0.2) is 0 Å². The number of benzene rings is 1. The molecule has 0 saturated heterocycles. The van der Waals surface area contributed by atoms with E-state index in [4.69, 9.17) is 0 Å². The number of para-hydroxylation sites is 1. The molecule has 1 saturated carbocycles. The van der Waals surface area contributed by atoms with Gasteiger partial charge in [0.05, 0.1) is 5.52 Å². The summed E-state index contributed by atoms with van der Waals surface area (Å²) in [6, 6.07) is 9.39. The van der Waals surface area contributed by atoms with Gasteiger partial charge in [0, 0.05) is 35.2 Å². The highest BCUT2D eigenvalue weighted by atomic mass is 79.9. The maximum atomic E-state index is 3.61. The van der Waals surface area contributed by atoms with Crippen LogP contribution < -0.4 is 5.32 Å². The molecule has 1 aromatic carbocycles. The van der Waals surface area contributed by atoms with Crippen LogP contribution in [-0.4, -0.2) is 10.6 Å². The topological polar surface area (TPSA) is 17.0 Å². The van der Waals surface area contributed by atoms with Crippen molar-refractivity contribution < 1.29 is 0 Å². The molecule has 3 rings (SSSR count). The molecule has 0 bridgehead atoms. The van der Waals surface area contributed by atoms with E-state index in [-0.39, 0.29) is 0 Å². The molecule has 0 amide bonds. The normalized spacial score (nSPS) is 15.9. The molecule has 84 valence electrons. The fourth-order valence-corrected chi connectivity index (χ4v) is 2.78. The monoisotopic (exact) mass is 278 g/mol. The first kappa shape index (κ1) is 10.4. The molecule has 0 atom stereocenters. The van der Waals surface area contributed by atoms with Crippen LogP contribution in [-0.2, 0) is 13.6 Å². The van der Waals surface area contributed by atoms with Crippen molar-refractivity contribution in [2.24, 2.45) is 7.05 Å². The zero-order chi connectivity index (χ0) is 11.1. The van der Waals surface area contributed by atoms with Crippen LogP contribution in [0.15, 0.2) is 28.7 Å². The Morgan fingerprint density at radius 2 is 2.25 bits per heavy atom. The van der Waals surface area contributed by atoms with E-state index in [1.807, 2.05) is 0 Å². The SMILES string of the molecule is Cn1c(CNC2CC2)cc2cccc(Br)c21. The highest BCUT2D eigenvalue weighted by Gasteiger charge is 2.20. The molecule has 0 aliphatic heterocycles. The standard InChI is InChI=1S/C13H15BrN2/c1-16-11(8-15-10-5-6-10)7-9-3-2-4-12(14)13(9)16/h2-4,7,10,15H,5-6,8H2,1H3. The predicted octanol–water partition coefficient (Wildman–Crippen LogP) is 3.19. The van der Waals surface area contributed by atoms with Crippen LogP contribution >= 0.6 is 15.9 Å².